The highest BCUT2D eigenvalue weighted by atomic mass is 35.5. The van der Waals surface area contributed by atoms with Crippen molar-refractivity contribution < 1.29 is 5.11 Å². The Morgan fingerprint density at radius 2 is 2.10 bits per heavy atom. The molecule has 0 saturated heterocycles. The lowest BCUT2D eigenvalue weighted by molar-refractivity contribution is 0.469. The predicted molar refractivity (Wildman–Crippen MR) is 80.1 cm³/mol. The van der Waals surface area contributed by atoms with E-state index in [9.17, 15) is 5.11 Å². The van der Waals surface area contributed by atoms with Crippen molar-refractivity contribution in [3.8, 4) is 17.1 Å². The minimum Gasteiger partial charge on any atom is -0.508 e. The zero-order chi connectivity index (χ0) is 14.7. The molecule has 6 nitrogen and oxygen atoms in total. The summed E-state index contributed by atoms with van der Waals surface area (Å²) >= 11 is 5.93. The topological polar surface area (TPSA) is 86.7 Å². The Balaban J connectivity index is 1.76. The van der Waals surface area contributed by atoms with Gasteiger partial charge < -0.3 is 10.4 Å². The van der Waals surface area contributed by atoms with Gasteiger partial charge in [0.05, 0.1) is 0 Å². The van der Waals surface area contributed by atoms with E-state index in [1.54, 1.807) is 18.2 Å². The van der Waals surface area contributed by atoms with Crippen molar-refractivity contribution in [2.24, 2.45) is 0 Å². The second-order valence-electron chi connectivity index (χ2n) is 4.44. The van der Waals surface area contributed by atoms with Gasteiger partial charge in [-0.05, 0) is 35.5 Å². The van der Waals surface area contributed by atoms with Gasteiger partial charge in [-0.15, -0.1) is 10.2 Å². The summed E-state index contributed by atoms with van der Waals surface area (Å²) in [6.45, 7) is 0.460. The number of tetrazole rings is 1. The number of aromatic hydroxyl groups is 1. The van der Waals surface area contributed by atoms with E-state index >= 15 is 0 Å². The first-order chi connectivity index (χ1) is 10.2. The maximum Gasteiger partial charge on any atom is 0.204 e. The van der Waals surface area contributed by atoms with Gasteiger partial charge in [0, 0.05) is 28.4 Å². The smallest absolute Gasteiger partial charge is 0.204 e. The van der Waals surface area contributed by atoms with Gasteiger partial charge in [-0.1, -0.05) is 23.7 Å². The molecule has 0 aliphatic heterocycles. The minimum absolute atomic E-state index is 0.209. The molecule has 3 rings (SSSR count). The van der Waals surface area contributed by atoms with Gasteiger partial charge in [0.2, 0.25) is 5.82 Å². The van der Waals surface area contributed by atoms with Crippen LogP contribution in [0.25, 0.3) is 11.4 Å². The van der Waals surface area contributed by atoms with Crippen molar-refractivity contribution >= 4 is 17.3 Å². The molecule has 0 aliphatic carbocycles. The molecule has 0 saturated carbocycles. The first-order valence-electron chi connectivity index (χ1n) is 6.27. The lowest BCUT2D eigenvalue weighted by Crippen LogP contribution is -2.00. The molecule has 0 unspecified atom stereocenters. The fourth-order valence-corrected chi connectivity index (χ4v) is 2.14. The highest BCUT2D eigenvalue weighted by Gasteiger charge is 2.05. The summed E-state index contributed by atoms with van der Waals surface area (Å²) in [5.74, 6) is 0.741. The first kappa shape index (κ1) is 13.4. The lowest BCUT2D eigenvalue weighted by atomic mass is 10.1. The maximum absolute atomic E-state index is 9.79. The fraction of sp³-hybridized carbons (Fsp3) is 0.0714. The number of nitrogens with zero attached hydrogens (tertiary/aromatic N) is 3. The first-order valence-corrected chi connectivity index (χ1v) is 6.65. The number of aromatic amines is 1. The van der Waals surface area contributed by atoms with Crippen LogP contribution in [0.2, 0.25) is 5.02 Å². The number of aromatic nitrogens is 4. The monoisotopic (exact) mass is 301 g/mol. The Morgan fingerprint density at radius 3 is 2.90 bits per heavy atom. The maximum atomic E-state index is 9.79. The van der Waals surface area contributed by atoms with Crippen LogP contribution in [0.1, 0.15) is 5.56 Å². The number of halogens is 1. The zero-order valence-corrected chi connectivity index (χ0v) is 11.7. The predicted octanol–water partition coefficient (Wildman–Crippen LogP) is 2.84. The van der Waals surface area contributed by atoms with Crippen molar-refractivity contribution in [3.63, 3.8) is 0 Å². The summed E-state index contributed by atoms with van der Waals surface area (Å²) in [7, 11) is 0. The van der Waals surface area contributed by atoms with Crippen molar-refractivity contribution in [1.82, 2.24) is 20.6 Å². The second-order valence-corrected chi connectivity index (χ2v) is 4.88. The summed E-state index contributed by atoms with van der Waals surface area (Å²) < 4.78 is 0. The van der Waals surface area contributed by atoms with Crippen molar-refractivity contribution in [1.29, 1.82) is 0 Å². The van der Waals surface area contributed by atoms with Gasteiger partial charge in [0.25, 0.3) is 0 Å². The van der Waals surface area contributed by atoms with Gasteiger partial charge in [0.15, 0.2) is 0 Å². The molecule has 0 spiro atoms. The summed E-state index contributed by atoms with van der Waals surface area (Å²) in [5.41, 5.74) is 2.47. The third-order valence-corrected chi connectivity index (χ3v) is 3.23. The van der Waals surface area contributed by atoms with Crippen LogP contribution in [-0.2, 0) is 6.54 Å². The summed E-state index contributed by atoms with van der Waals surface area (Å²) in [6, 6.07) is 12.6. The van der Waals surface area contributed by atoms with Crippen LogP contribution in [0.3, 0.4) is 0 Å². The third kappa shape index (κ3) is 3.11. The average Bonchev–Trinajstić information content (AvgIpc) is 3.03. The molecule has 2 aromatic carbocycles. The average molecular weight is 302 g/mol. The quantitative estimate of drug-likeness (QED) is 0.690. The molecular formula is C14H12ClN5O. The van der Waals surface area contributed by atoms with Crippen molar-refractivity contribution in [3.05, 3.63) is 53.1 Å². The molecule has 106 valence electrons. The highest BCUT2D eigenvalue weighted by Crippen LogP contribution is 2.23. The van der Waals surface area contributed by atoms with E-state index in [1.165, 1.54) is 0 Å². The van der Waals surface area contributed by atoms with E-state index in [-0.39, 0.29) is 5.75 Å². The van der Waals surface area contributed by atoms with Gasteiger partial charge in [-0.2, -0.15) is 5.21 Å². The number of phenols is 1. The molecule has 0 fully saturated rings. The van der Waals surface area contributed by atoms with Gasteiger partial charge in [0.1, 0.15) is 5.75 Å². The van der Waals surface area contributed by atoms with E-state index in [1.807, 2.05) is 24.3 Å². The van der Waals surface area contributed by atoms with Crippen LogP contribution in [0.15, 0.2) is 42.5 Å². The zero-order valence-electron chi connectivity index (χ0n) is 10.9. The van der Waals surface area contributed by atoms with Gasteiger partial charge in [-0.3, -0.25) is 0 Å². The molecule has 0 amide bonds. The largest absolute Gasteiger partial charge is 0.508 e. The third-order valence-electron chi connectivity index (χ3n) is 2.99. The standard InChI is InChI=1S/C14H12ClN5O/c15-11-4-5-13(21)10(6-11)8-16-12-3-1-2-9(7-12)14-17-19-20-18-14/h1-7,16,21H,8H2,(H,17,18,19,20). The van der Waals surface area contributed by atoms with Crippen molar-refractivity contribution in [2.45, 2.75) is 6.54 Å². The molecule has 1 aromatic heterocycles. The second kappa shape index (κ2) is 5.80. The Labute approximate surface area is 125 Å². The van der Waals surface area contributed by atoms with E-state index in [4.69, 9.17) is 11.6 Å². The molecule has 21 heavy (non-hydrogen) atoms. The van der Waals surface area contributed by atoms with Gasteiger partial charge >= 0.3 is 0 Å². The number of hydrogen-bond acceptors (Lipinski definition) is 5. The number of benzene rings is 2. The lowest BCUT2D eigenvalue weighted by Gasteiger charge is -2.09. The Kier molecular flexibility index (Phi) is 3.70. The SMILES string of the molecule is Oc1ccc(Cl)cc1CNc1cccc(-c2nn[nH]n2)c1. The molecule has 0 radical (unpaired) electrons. The molecular weight excluding hydrogens is 290 g/mol. The van der Waals surface area contributed by atoms with Crippen LogP contribution in [0.5, 0.6) is 5.75 Å². The molecule has 0 atom stereocenters. The summed E-state index contributed by atoms with van der Waals surface area (Å²) in [4.78, 5) is 0. The molecule has 0 aliphatic rings. The van der Waals surface area contributed by atoms with Crippen molar-refractivity contribution in [2.75, 3.05) is 5.32 Å². The molecule has 1 heterocycles. The number of phenolic OH excluding ortho intramolecular Hbond substituents is 1. The number of anilines is 1. The number of nitrogens with one attached hydrogen (secondary N) is 2. The number of rotatable bonds is 4. The Hall–Kier alpha value is -2.60. The minimum atomic E-state index is 0.209. The Bertz CT molecular complexity index is 745. The summed E-state index contributed by atoms with van der Waals surface area (Å²) in [6.07, 6.45) is 0. The van der Waals surface area contributed by atoms with Crippen LogP contribution >= 0.6 is 11.6 Å². The van der Waals surface area contributed by atoms with Crippen LogP contribution in [0.4, 0.5) is 5.69 Å². The number of H-pyrrole nitrogens is 1. The van der Waals surface area contributed by atoms with Crippen LogP contribution < -0.4 is 5.32 Å². The number of hydrogen-bond donors (Lipinski definition) is 3. The molecule has 3 N–H and O–H groups in total. The van der Waals surface area contributed by atoms with E-state index in [2.05, 4.69) is 25.9 Å². The van der Waals surface area contributed by atoms with Crippen LogP contribution in [-0.4, -0.2) is 25.7 Å². The van der Waals surface area contributed by atoms with E-state index in [0.29, 0.717) is 17.4 Å². The van der Waals surface area contributed by atoms with E-state index < -0.39 is 0 Å². The highest BCUT2D eigenvalue weighted by molar-refractivity contribution is 6.30. The molecule has 7 heteroatoms. The molecule has 3 aromatic rings. The van der Waals surface area contributed by atoms with E-state index in [0.717, 1.165) is 16.8 Å². The van der Waals surface area contributed by atoms with Gasteiger partial charge in [-0.25, -0.2) is 0 Å². The van der Waals surface area contributed by atoms with Crippen LogP contribution in [0, 0.1) is 0 Å². The molecule has 0 bridgehead atoms. The Morgan fingerprint density at radius 1 is 1.19 bits per heavy atom. The fourth-order valence-electron chi connectivity index (χ4n) is 1.95. The normalized spacial score (nSPS) is 10.5. The summed E-state index contributed by atoms with van der Waals surface area (Å²) in [5, 5.41) is 27.4.